The first-order chi connectivity index (χ1) is 16.9. The Balaban J connectivity index is 1.61. The number of hydrogen-bond acceptors (Lipinski definition) is 2. The molecule has 0 aliphatic carbocycles. The van der Waals surface area contributed by atoms with Crippen molar-refractivity contribution in [2.75, 3.05) is 0 Å². The average Bonchev–Trinajstić information content (AvgIpc) is 3.49. The van der Waals surface area contributed by atoms with E-state index in [9.17, 15) is 0 Å². The molecule has 0 spiro atoms. The predicted octanol–water partition coefficient (Wildman–Crippen LogP) is 7.18. The Morgan fingerprint density at radius 3 is 2.21 bits per heavy atom. The van der Waals surface area contributed by atoms with Crippen LogP contribution in [0.5, 0.6) is 0 Å². The number of rotatable bonds is 3. The maximum absolute atomic E-state index is 5.02. The maximum Gasteiger partial charge on any atom is 0.161 e. The summed E-state index contributed by atoms with van der Waals surface area (Å²) in [5.41, 5.74) is 5.57. The third-order valence-electron chi connectivity index (χ3n) is 6.42. The Hall–Kier alpha value is -4.70. The van der Waals surface area contributed by atoms with E-state index in [4.69, 9.17) is 4.98 Å². The van der Waals surface area contributed by atoms with Gasteiger partial charge in [0.2, 0.25) is 0 Å². The van der Waals surface area contributed by atoms with Crippen molar-refractivity contribution >= 4 is 32.7 Å². The third-order valence-corrected chi connectivity index (χ3v) is 6.42. The number of aromatic nitrogens is 4. The molecule has 0 saturated carbocycles. The minimum absolute atomic E-state index is 0.717. The van der Waals surface area contributed by atoms with E-state index in [0.717, 1.165) is 33.9 Å². The normalized spacial score (nSPS) is 11.5. The molecule has 7 aromatic rings. The fourth-order valence-corrected chi connectivity index (χ4v) is 4.91. The lowest BCUT2D eigenvalue weighted by atomic mass is 10.1. The number of fused-ring (bicyclic) bond motifs is 5. The lowest BCUT2D eigenvalue weighted by molar-refractivity contribution is 1.04. The van der Waals surface area contributed by atoms with Crippen LogP contribution in [0.15, 0.2) is 122 Å². The number of hydrogen-bond donors (Lipinski definition) is 0. The van der Waals surface area contributed by atoms with Crippen LogP contribution in [-0.2, 0) is 0 Å². The zero-order chi connectivity index (χ0) is 22.5. The van der Waals surface area contributed by atoms with Crippen molar-refractivity contribution in [2.24, 2.45) is 0 Å². The lowest BCUT2D eigenvalue weighted by Gasteiger charge is -2.12. The highest BCUT2D eigenvalue weighted by Crippen LogP contribution is 2.37. The van der Waals surface area contributed by atoms with Crippen molar-refractivity contribution in [3.63, 3.8) is 0 Å². The van der Waals surface area contributed by atoms with Gasteiger partial charge < -0.3 is 4.57 Å². The Morgan fingerprint density at radius 2 is 1.35 bits per heavy atom. The summed E-state index contributed by atoms with van der Waals surface area (Å²) >= 11 is 0. The smallest absolute Gasteiger partial charge is 0.161 e. The quantitative estimate of drug-likeness (QED) is 0.294. The SMILES string of the molecule is c1ccc(-c2nccc(-n3c4ccccc4c4ccc5ccn(-c6ccccc6)c5c43)n2)cc1. The molecule has 0 aliphatic rings. The molecule has 0 atom stereocenters. The first-order valence-corrected chi connectivity index (χ1v) is 11.4. The van der Waals surface area contributed by atoms with E-state index in [0.29, 0.717) is 0 Å². The highest BCUT2D eigenvalue weighted by Gasteiger charge is 2.18. The Labute approximate surface area is 196 Å². The van der Waals surface area contributed by atoms with Gasteiger partial charge in [-0.3, -0.25) is 4.57 Å². The molecule has 4 nitrogen and oxygen atoms in total. The molecule has 0 aliphatic heterocycles. The first kappa shape index (κ1) is 18.8. The van der Waals surface area contributed by atoms with Crippen LogP contribution in [0.4, 0.5) is 0 Å². The molecular weight excluding hydrogens is 416 g/mol. The van der Waals surface area contributed by atoms with Crippen LogP contribution in [0.3, 0.4) is 0 Å². The molecule has 34 heavy (non-hydrogen) atoms. The van der Waals surface area contributed by atoms with Gasteiger partial charge in [-0.25, -0.2) is 9.97 Å². The van der Waals surface area contributed by atoms with Crippen molar-refractivity contribution in [3.8, 4) is 22.9 Å². The van der Waals surface area contributed by atoms with Gasteiger partial charge in [-0.2, -0.15) is 0 Å². The molecule has 0 bridgehead atoms. The number of nitrogens with zero attached hydrogens (tertiary/aromatic N) is 4. The summed E-state index contributed by atoms with van der Waals surface area (Å²) in [6.45, 7) is 0. The number of benzene rings is 4. The van der Waals surface area contributed by atoms with Gasteiger partial charge in [-0.1, -0.05) is 78.9 Å². The molecule has 0 saturated heterocycles. The zero-order valence-corrected chi connectivity index (χ0v) is 18.3. The van der Waals surface area contributed by atoms with Crippen LogP contribution in [-0.4, -0.2) is 19.1 Å². The molecule has 0 fully saturated rings. The minimum Gasteiger partial charge on any atom is -0.315 e. The monoisotopic (exact) mass is 436 g/mol. The van der Waals surface area contributed by atoms with Crippen molar-refractivity contribution in [3.05, 3.63) is 122 Å². The molecule has 0 unspecified atom stereocenters. The molecule has 4 heteroatoms. The van der Waals surface area contributed by atoms with Crippen LogP contribution in [0.2, 0.25) is 0 Å². The van der Waals surface area contributed by atoms with E-state index < -0.39 is 0 Å². The Bertz CT molecular complexity index is 1790. The van der Waals surface area contributed by atoms with Crippen molar-refractivity contribution in [2.45, 2.75) is 0 Å². The van der Waals surface area contributed by atoms with E-state index in [1.807, 2.05) is 48.7 Å². The first-order valence-electron chi connectivity index (χ1n) is 11.4. The van der Waals surface area contributed by atoms with Gasteiger partial charge in [0.25, 0.3) is 0 Å². The predicted molar refractivity (Wildman–Crippen MR) is 139 cm³/mol. The standard InChI is InChI=1S/C30H20N4/c1-3-9-22(10-4-1)30-31-19-17-27(32-30)34-26-14-8-7-13-24(26)25-16-15-21-18-20-33(28(21)29(25)34)23-11-5-2-6-12-23/h1-20H. The van der Waals surface area contributed by atoms with Gasteiger partial charge in [0.05, 0.1) is 16.6 Å². The van der Waals surface area contributed by atoms with Crippen LogP contribution < -0.4 is 0 Å². The van der Waals surface area contributed by atoms with Gasteiger partial charge in [0, 0.05) is 39.8 Å². The molecule has 7 rings (SSSR count). The minimum atomic E-state index is 0.717. The summed E-state index contributed by atoms with van der Waals surface area (Å²) in [6, 6.07) is 37.8. The molecule has 0 amide bonds. The average molecular weight is 437 g/mol. The molecule has 0 N–H and O–H groups in total. The van der Waals surface area contributed by atoms with Crippen LogP contribution in [0, 0.1) is 0 Å². The largest absolute Gasteiger partial charge is 0.315 e. The Morgan fingerprint density at radius 1 is 0.588 bits per heavy atom. The fraction of sp³-hybridized carbons (Fsp3) is 0. The molecule has 4 aromatic carbocycles. The summed E-state index contributed by atoms with van der Waals surface area (Å²) in [5, 5.41) is 3.61. The van der Waals surface area contributed by atoms with Crippen molar-refractivity contribution in [1.82, 2.24) is 19.1 Å². The van der Waals surface area contributed by atoms with Crippen molar-refractivity contribution < 1.29 is 0 Å². The van der Waals surface area contributed by atoms with E-state index in [1.165, 1.54) is 21.7 Å². The van der Waals surface area contributed by atoms with Gasteiger partial charge in [-0.15, -0.1) is 0 Å². The topological polar surface area (TPSA) is 35.6 Å². The van der Waals surface area contributed by atoms with Gasteiger partial charge >= 0.3 is 0 Å². The molecular formula is C30H20N4. The summed E-state index contributed by atoms with van der Waals surface area (Å²) in [5.74, 6) is 1.57. The number of para-hydroxylation sites is 2. The molecule has 0 radical (unpaired) electrons. The van der Waals surface area contributed by atoms with E-state index in [-0.39, 0.29) is 0 Å². The van der Waals surface area contributed by atoms with E-state index >= 15 is 0 Å². The Kier molecular flexibility index (Phi) is 4.11. The summed E-state index contributed by atoms with van der Waals surface area (Å²) in [4.78, 5) is 9.59. The fourth-order valence-electron chi connectivity index (χ4n) is 4.91. The second-order valence-electron chi connectivity index (χ2n) is 8.38. The summed E-state index contributed by atoms with van der Waals surface area (Å²) in [7, 11) is 0. The van der Waals surface area contributed by atoms with Crippen LogP contribution in [0.1, 0.15) is 0 Å². The molecule has 3 aromatic heterocycles. The summed E-state index contributed by atoms with van der Waals surface area (Å²) < 4.78 is 4.55. The van der Waals surface area contributed by atoms with Crippen LogP contribution in [0.25, 0.3) is 55.6 Å². The van der Waals surface area contributed by atoms with Gasteiger partial charge in [0.1, 0.15) is 5.82 Å². The molecule has 160 valence electrons. The maximum atomic E-state index is 5.02. The lowest BCUT2D eigenvalue weighted by Crippen LogP contribution is -2.01. The van der Waals surface area contributed by atoms with E-state index in [2.05, 4.69) is 87.0 Å². The van der Waals surface area contributed by atoms with Crippen LogP contribution >= 0.6 is 0 Å². The van der Waals surface area contributed by atoms with E-state index in [1.54, 1.807) is 0 Å². The zero-order valence-electron chi connectivity index (χ0n) is 18.3. The summed E-state index contributed by atoms with van der Waals surface area (Å²) in [6.07, 6.45) is 4.00. The highest BCUT2D eigenvalue weighted by atomic mass is 15.1. The van der Waals surface area contributed by atoms with Gasteiger partial charge in [0.15, 0.2) is 5.82 Å². The second kappa shape index (κ2) is 7.42. The highest BCUT2D eigenvalue weighted by molar-refractivity contribution is 6.18. The van der Waals surface area contributed by atoms with Crippen molar-refractivity contribution in [1.29, 1.82) is 0 Å². The molecule has 3 heterocycles. The third kappa shape index (κ3) is 2.79. The van der Waals surface area contributed by atoms with Gasteiger partial charge in [-0.05, 0) is 30.3 Å². The second-order valence-corrected chi connectivity index (χ2v) is 8.38.